The van der Waals surface area contributed by atoms with Crippen LogP contribution in [0.15, 0.2) is 33.7 Å². The minimum absolute atomic E-state index is 0. The summed E-state index contributed by atoms with van der Waals surface area (Å²) in [7, 11) is 3.53. The minimum atomic E-state index is 0. The van der Waals surface area contributed by atoms with Gasteiger partial charge in [0.05, 0.1) is 13.1 Å². The van der Waals surface area contributed by atoms with E-state index in [1.165, 1.54) is 12.8 Å². The number of aliphatic imine (C=N–C) groups is 1. The highest BCUT2D eigenvalue weighted by molar-refractivity contribution is 14.0. The lowest BCUT2D eigenvalue weighted by Gasteiger charge is -2.20. The minimum Gasteiger partial charge on any atom is -0.352 e. The lowest BCUT2D eigenvalue weighted by atomic mass is 10.2. The molecule has 1 saturated carbocycles. The maximum atomic E-state index is 12.0. The average Bonchev–Trinajstić information content (AvgIpc) is 3.41. The molecule has 6 nitrogen and oxygen atoms in total. The van der Waals surface area contributed by atoms with Crippen LogP contribution >= 0.6 is 39.9 Å². The maximum absolute atomic E-state index is 12.0. The molecule has 0 radical (unpaired) electrons. The second kappa shape index (κ2) is 10.8. The first-order chi connectivity index (χ1) is 12.9. The molecule has 2 atom stereocenters. The van der Waals surface area contributed by atoms with Gasteiger partial charge < -0.3 is 15.5 Å². The lowest BCUT2D eigenvalue weighted by Crippen LogP contribution is -2.47. The van der Waals surface area contributed by atoms with Crippen LogP contribution in [0.1, 0.15) is 31.7 Å². The lowest BCUT2D eigenvalue weighted by molar-refractivity contribution is -0.127. The normalized spacial score (nSPS) is 22.5. The molecule has 2 aliphatic rings. The Hall–Kier alpha value is -0.870. The molecular weight excluding hydrogens is 533 g/mol. The number of likely N-dealkylation sites (tertiary alicyclic amines) is 1. The molecule has 156 valence electrons. The van der Waals surface area contributed by atoms with E-state index in [2.05, 4.69) is 50.5 Å². The Balaban J connectivity index is 0.00000280. The number of likely N-dealkylation sites (N-methyl/N-ethyl adjacent to an activating group) is 1. The molecule has 1 aromatic rings. The van der Waals surface area contributed by atoms with Gasteiger partial charge in [-0.1, -0.05) is 28.1 Å². The van der Waals surface area contributed by atoms with Crippen molar-refractivity contribution in [1.82, 2.24) is 20.4 Å². The molecular formula is C20H31BrIN5O. The van der Waals surface area contributed by atoms with E-state index < -0.39 is 0 Å². The molecule has 0 spiro atoms. The molecule has 0 bridgehead atoms. The predicted octanol–water partition coefficient (Wildman–Crippen LogP) is 2.82. The molecule has 28 heavy (non-hydrogen) atoms. The molecule has 1 aliphatic heterocycles. The monoisotopic (exact) mass is 563 g/mol. The Kier molecular flexibility index (Phi) is 9.01. The van der Waals surface area contributed by atoms with Gasteiger partial charge in [0.1, 0.15) is 0 Å². The predicted molar refractivity (Wildman–Crippen MR) is 128 cm³/mol. The van der Waals surface area contributed by atoms with E-state index in [-0.39, 0.29) is 36.4 Å². The van der Waals surface area contributed by atoms with Crippen LogP contribution in [0.4, 0.5) is 0 Å². The van der Waals surface area contributed by atoms with E-state index in [9.17, 15) is 4.79 Å². The molecule has 1 amide bonds. The van der Waals surface area contributed by atoms with E-state index in [4.69, 9.17) is 4.99 Å². The summed E-state index contributed by atoms with van der Waals surface area (Å²) >= 11 is 3.46. The third-order valence-corrected chi connectivity index (χ3v) is 5.75. The molecule has 2 N–H and O–H groups in total. The fourth-order valence-corrected chi connectivity index (χ4v) is 3.76. The molecule has 1 heterocycles. The van der Waals surface area contributed by atoms with Crippen LogP contribution in [0, 0.1) is 0 Å². The maximum Gasteiger partial charge on any atom is 0.241 e. The summed E-state index contributed by atoms with van der Waals surface area (Å²) in [6, 6.07) is 9.90. The van der Waals surface area contributed by atoms with Crippen LogP contribution in [0.3, 0.4) is 0 Å². The van der Waals surface area contributed by atoms with E-state index in [1.54, 1.807) is 19.0 Å². The van der Waals surface area contributed by atoms with Crippen LogP contribution in [0.25, 0.3) is 0 Å². The average molecular weight is 564 g/mol. The molecule has 1 aliphatic carbocycles. The van der Waals surface area contributed by atoms with Crippen LogP contribution in [0.5, 0.6) is 0 Å². The van der Waals surface area contributed by atoms with E-state index >= 15 is 0 Å². The molecule has 3 rings (SSSR count). The van der Waals surface area contributed by atoms with Crippen LogP contribution < -0.4 is 10.6 Å². The van der Waals surface area contributed by atoms with Crippen LogP contribution in [-0.2, 0) is 11.3 Å². The standard InChI is InChI=1S/C20H30BrN5O.HI/c1-14-10-17(13-26(14)18-8-9-18)24-20(23-12-19(27)25(2)3)22-11-15-4-6-16(21)7-5-15;/h4-7,14,17-18H,8-13H2,1-3H3,(H2,22,23,24);1H. The fraction of sp³-hybridized carbons (Fsp3) is 0.600. The third-order valence-electron chi connectivity index (χ3n) is 5.22. The summed E-state index contributed by atoms with van der Waals surface area (Å²) in [5.74, 6) is 0.746. The Bertz CT molecular complexity index is 678. The van der Waals surface area contributed by atoms with Gasteiger partial charge in [0, 0.05) is 43.2 Å². The van der Waals surface area contributed by atoms with Gasteiger partial charge in [-0.15, -0.1) is 24.0 Å². The zero-order valence-electron chi connectivity index (χ0n) is 16.8. The second-order valence-corrected chi connectivity index (χ2v) is 8.70. The number of guanidine groups is 1. The second-order valence-electron chi connectivity index (χ2n) is 7.79. The van der Waals surface area contributed by atoms with Gasteiger partial charge in [-0.2, -0.15) is 0 Å². The van der Waals surface area contributed by atoms with Gasteiger partial charge in [-0.3, -0.25) is 9.69 Å². The van der Waals surface area contributed by atoms with Crippen molar-refractivity contribution >= 4 is 51.8 Å². The third kappa shape index (κ3) is 6.88. The van der Waals surface area contributed by atoms with Crippen molar-refractivity contribution in [3.8, 4) is 0 Å². The smallest absolute Gasteiger partial charge is 0.241 e. The Morgan fingerprint density at radius 3 is 2.57 bits per heavy atom. The van der Waals surface area contributed by atoms with Gasteiger partial charge in [-0.05, 0) is 43.9 Å². The Morgan fingerprint density at radius 1 is 1.29 bits per heavy atom. The fourth-order valence-electron chi connectivity index (χ4n) is 3.50. The van der Waals surface area contributed by atoms with Crippen LogP contribution in [0.2, 0.25) is 0 Å². The van der Waals surface area contributed by atoms with Gasteiger partial charge in [0.2, 0.25) is 5.91 Å². The van der Waals surface area contributed by atoms with Gasteiger partial charge in [0.15, 0.2) is 5.96 Å². The molecule has 1 aromatic carbocycles. The molecule has 2 fully saturated rings. The number of hydrogen-bond acceptors (Lipinski definition) is 3. The first-order valence-electron chi connectivity index (χ1n) is 9.67. The number of nitrogens with one attached hydrogen (secondary N) is 2. The number of hydrogen-bond donors (Lipinski definition) is 2. The first kappa shape index (κ1) is 23.4. The van der Waals surface area contributed by atoms with E-state index in [1.807, 2.05) is 12.1 Å². The number of rotatable bonds is 6. The first-order valence-corrected chi connectivity index (χ1v) is 10.5. The summed E-state index contributed by atoms with van der Waals surface area (Å²) in [5.41, 5.74) is 1.14. The molecule has 8 heteroatoms. The van der Waals surface area contributed by atoms with Crippen molar-refractivity contribution in [3.63, 3.8) is 0 Å². The van der Waals surface area contributed by atoms with Crippen molar-refractivity contribution in [2.45, 2.75) is 50.9 Å². The van der Waals surface area contributed by atoms with Crippen molar-refractivity contribution < 1.29 is 4.79 Å². The highest BCUT2D eigenvalue weighted by Gasteiger charge is 2.38. The number of carbonyl (C=O) groups excluding carboxylic acids is 1. The highest BCUT2D eigenvalue weighted by atomic mass is 127. The summed E-state index contributed by atoms with van der Waals surface area (Å²) < 4.78 is 1.06. The van der Waals surface area contributed by atoms with Gasteiger partial charge in [0.25, 0.3) is 0 Å². The SMILES string of the molecule is CC1CC(NC(=NCc2ccc(Br)cc2)NCC(=O)N(C)C)CN1C1CC1.I. The number of benzene rings is 1. The van der Waals surface area contributed by atoms with Crippen molar-refractivity contribution in [1.29, 1.82) is 0 Å². The summed E-state index contributed by atoms with van der Waals surface area (Å²) in [6.07, 6.45) is 3.77. The molecule has 2 unspecified atom stereocenters. The number of amides is 1. The number of carbonyl (C=O) groups is 1. The summed E-state index contributed by atoms with van der Waals surface area (Å²) in [6.45, 7) is 4.18. The Morgan fingerprint density at radius 2 is 1.96 bits per heavy atom. The van der Waals surface area contributed by atoms with E-state index in [0.29, 0.717) is 24.6 Å². The largest absolute Gasteiger partial charge is 0.352 e. The van der Waals surface area contributed by atoms with Gasteiger partial charge >= 0.3 is 0 Å². The molecule has 1 saturated heterocycles. The summed E-state index contributed by atoms with van der Waals surface area (Å²) in [4.78, 5) is 20.9. The topological polar surface area (TPSA) is 60.0 Å². The van der Waals surface area contributed by atoms with Crippen molar-refractivity contribution in [2.75, 3.05) is 27.2 Å². The number of halogens is 2. The van der Waals surface area contributed by atoms with Crippen molar-refractivity contribution in [3.05, 3.63) is 34.3 Å². The van der Waals surface area contributed by atoms with Crippen molar-refractivity contribution in [2.24, 2.45) is 4.99 Å². The summed E-state index contributed by atoms with van der Waals surface area (Å²) in [5, 5.41) is 6.76. The van der Waals surface area contributed by atoms with Gasteiger partial charge in [-0.25, -0.2) is 4.99 Å². The zero-order chi connectivity index (χ0) is 19.4. The van der Waals surface area contributed by atoms with Crippen LogP contribution in [-0.4, -0.2) is 67.0 Å². The molecule has 0 aromatic heterocycles. The number of nitrogens with zero attached hydrogens (tertiary/aromatic N) is 3. The van der Waals surface area contributed by atoms with E-state index in [0.717, 1.165) is 29.0 Å². The quantitative estimate of drug-likeness (QED) is 0.317. The Labute approximate surface area is 193 Å². The zero-order valence-corrected chi connectivity index (χ0v) is 20.7. The highest BCUT2D eigenvalue weighted by Crippen LogP contribution is 2.33.